The van der Waals surface area contributed by atoms with Crippen LogP contribution in [-0.2, 0) is 11.2 Å². The molecule has 1 N–H and O–H groups in total. The van der Waals surface area contributed by atoms with Crippen LogP contribution in [0.15, 0.2) is 64.3 Å². The molecule has 1 aliphatic rings. The number of hydrogen-bond donors (Lipinski definition) is 1. The Morgan fingerprint density at radius 3 is 2.53 bits per heavy atom. The molecule has 3 aromatic rings. The van der Waals surface area contributed by atoms with E-state index in [0.29, 0.717) is 29.1 Å². The fraction of sp³-hybridized carbons (Fsp3) is 0.280. The predicted octanol–water partition coefficient (Wildman–Crippen LogP) is 4.79. The van der Waals surface area contributed by atoms with Crippen LogP contribution in [0.2, 0.25) is 5.02 Å². The number of carbonyl (C=O) groups is 2. The number of nitrogens with zero attached hydrogens (tertiary/aromatic N) is 2. The minimum absolute atomic E-state index is 0.0307. The molecule has 1 aromatic heterocycles. The summed E-state index contributed by atoms with van der Waals surface area (Å²) in [5.41, 5.74) is 2.45. The van der Waals surface area contributed by atoms with E-state index in [9.17, 15) is 14.7 Å². The van der Waals surface area contributed by atoms with E-state index < -0.39 is 23.5 Å². The van der Waals surface area contributed by atoms with E-state index in [4.69, 9.17) is 16.0 Å². The molecule has 166 valence electrons. The van der Waals surface area contributed by atoms with Crippen molar-refractivity contribution in [1.29, 1.82) is 0 Å². The normalized spacial score (nSPS) is 16.6. The molecule has 6 nitrogen and oxygen atoms in total. The zero-order chi connectivity index (χ0) is 23.0. The van der Waals surface area contributed by atoms with Crippen molar-refractivity contribution < 1.29 is 19.1 Å². The SMILES string of the molecule is CCc1ccc(C2C(C(=O)c3cc4cc(Cl)ccc4o3)=C(O)C(=O)N2CCN(C)C)cc1. The van der Waals surface area contributed by atoms with Crippen molar-refractivity contribution in [3.63, 3.8) is 0 Å². The highest BCUT2D eigenvalue weighted by Gasteiger charge is 2.44. The Labute approximate surface area is 191 Å². The van der Waals surface area contributed by atoms with Gasteiger partial charge in [0.2, 0.25) is 5.78 Å². The first-order valence-corrected chi connectivity index (χ1v) is 10.9. The fourth-order valence-corrected chi connectivity index (χ4v) is 4.15. The molecule has 0 fully saturated rings. The summed E-state index contributed by atoms with van der Waals surface area (Å²) >= 11 is 6.05. The van der Waals surface area contributed by atoms with E-state index in [0.717, 1.165) is 17.5 Å². The lowest BCUT2D eigenvalue weighted by atomic mass is 9.94. The Morgan fingerprint density at radius 2 is 1.88 bits per heavy atom. The minimum atomic E-state index is -0.697. The third-order valence-electron chi connectivity index (χ3n) is 5.74. The smallest absolute Gasteiger partial charge is 0.290 e. The molecular formula is C25H25ClN2O4. The molecule has 7 heteroatoms. The summed E-state index contributed by atoms with van der Waals surface area (Å²) in [6, 6.07) is 13.7. The maximum atomic E-state index is 13.5. The van der Waals surface area contributed by atoms with Crippen molar-refractivity contribution in [3.8, 4) is 0 Å². The van der Waals surface area contributed by atoms with Crippen molar-refractivity contribution in [1.82, 2.24) is 9.80 Å². The minimum Gasteiger partial charge on any atom is -0.503 e. The molecule has 0 saturated heterocycles. The summed E-state index contributed by atoms with van der Waals surface area (Å²) in [7, 11) is 3.81. The molecule has 1 aliphatic heterocycles. The average Bonchev–Trinajstić information content (AvgIpc) is 3.30. The van der Waals surface area contributed by atoms with Crippen LogP contribution in [0.25, 0.3) is 11.0 Å². The Bertz CT molecular complexity index is 1210. The number of aliphatic hydroxyl groups excluding tert-OH is 1. The third-order valence-corrected chi connectivity index (χ3v) is 5.98. The first kappa shape index (κ1) is 22.1. The number of carbonyl (C=O) groups excluding carboxylic acids is 2. The molecule has 2 heterocycles. The van der Waals surface area contributed by atoms with Gasteiger partial charge in [-0.3, -0.25) is 9.59 Å². The standard InChI is InChI=1S/C25H25ClN2O4/c1-4-15-5-7-16(8-6-15)22-21(24(30)25(31)28(22)12-11-27(2)3)23(29)20-14-17-13-18(26)9-10-19(17)32-20/h5-10,13-14,22,30H,4,11-12H2,1-3H3. The van der Waals surface area contributed by atoms with Crippen molar-refractivity contribution in [2.24, 2.45) is 0 Å². The van der Waals surface area contributed by atoms with E-state index in [1.807, 2.05) is 43.3 Å². The molecule has 0 saturated carbocycles. The van der Waals surface area contributed by atoms with E-state index in [1.165, 1.54) is 0 Å². The number of halogens is 1. The van der Waals surface area contributed by atoms with Crippen molar-refractivity contribution in [2.45, 2.75) is 19.4 Å². The molecule has 32 heavy (non-hydrogen) atoms. The van der Waals surface area contributed by atoms with Gasteiger partial charge >= 0.3 is 0 Å². The number of amides is 1. The zero-order valence-electron chi connectivity index (χ0n) is 18.3. The highest BCUT2D eigenvalue weighted by Crippen LogP contribution is 2.39. The molecule has 4 rings (SSSR count). The highest BCUT2D eigenvalue weighted by atomic mass is 35.5. The average molecular weight is 453 g/mol. The third kappa shape index (κ3) is 4.04. The quantitative estimate of drug-likeness (QED) is 0.522. The molecule has 0 bridgehead atoms. The lowest BCUT2D eigenvalue weighted by Gasteiger charge is -2.28. The topological polar surface area (TPSA) is 74.0 Å². The van der Waals surface area contributed by atoms with Crippen molar-refractivity contribution >= 4 is 34.3 Å². The molecule has 0 spiro atoms. The van der Waals surface area contributed by atoms with Gasteiger partial charge in [-0.25, -0.2) is 0 Å². The second kappa shape index (κ2) is 8.81. The summed E-state index contributed by atoms with van der Waals surface area (Å²) in [6.45, 7) is 3.02. The Kier molecular flexibility index (Phi) is 6.09. The molecule has 0 radical (unpaired) electrons. The second-order valence-electron chi connectivity index (χ2n) is 8.18. The Hall–Kier alpha value is -3.09. The van der Waals surface area contributed by atoms with Gasteiger partial charge in [-0.05, 0) is 55.9 Å². The van der Waals surface area contributed by atoms with Crippen LogP contribution in [0, 0.1) is 0 Å². The van der Waals surface area contributed by atoms with E-state index in [2.05, 4.69) is 6.92 Å². The van der Waals surface area contributed by atoms with Gasteiger partial charge in [0.15, 0.2) is 11.5 Å². The first-order valence-electron chi connectivity index (χ1n) is 10.5. The van der Waals surface area contributed by atoms with Crippen LogP contribution in [0.4, 0.5) is 0 Å². The van der Waals surface area contributed by atoms with Crippen LogP contribution in [0.1, 0.15) is 34.6 Å². The van der Waals surface area contributed by atoms with E-state index >= 15 is 0 Å². The van der Waals surface area contributed by atoms with Crippen molar-refractivity contribution in [2.75, 3.05) is 27.2 Å². The van der Waals surface area contributed by atoms with Gasteiger partial charge in [0.25, 0.3) is 5.91 Å². The lowest BCUT2D eigenvalue weighted by Crippen LogP contribution is -2.36. The van der Waals surface area contributed by atoms with Crippen LogP contribution in [-0.4, -0.2) is 53.8 Å². The van der Waals surface area contributed by atoms with Gasteiger partial charge in [-0.1, -0.05) is 42.8 Å². The highest BCUT2D eigenvalue weighted by molar-refractivity contribution is 6.31. The maximum Gasteiger partial charge on any atom is 0.290 e. The zero-order valence-corrected chi connectivity index (χ0v) is 19.0. The van der Waals surface area contributed by atoms with Crippen LogP contribution >= 0.6 is 11.6 Å². The van der Waals surface area contributed by atoms with Crippen LogP contribution in [0.3, 0.4) is 0 Å². The number of ketones is 1. The summed E-state index contributed by atoms with van der Waals surface area (Å²) in [5.74, 6) is -1.54. The summed E-state index contributed by atoms with van der Waals surface area (Å²) in [5, 5.41) is 12.0. The number of rotatable bonds is 7. The van der Waals surface area contributed by atoms with Gasteiger partial charge < -0.3 is 19.3 Å². The van der Waals surface area contributed by atoms with E-state index in [-0.39, 0.29) is 11.3 Å². The first-order chi connectivity index (χ1) is 15.3. The number of furan rings is 1. The predicted molar refractivity (Wildman–Crippen MR) is 124 cm³/mol. The monoisotopic (exact) mass is 452 g/mol. The van der Waals surface area contributed by atoms with Crippen LogP contribution in [0.5, 0.6) is 0 Å². The number of benzene rings is 2. The summed E-state index contributed by atoms with van der Waals surface area (Å²) in [4.78, 5) is 30.0. The van der Waals surface area contributed by atoms with Crippen molar-refractivity contribution in [3.05, 3.63) is 81.8 Å². The summed E-state index contributed by atoms with van der Waals surface area (Å²) in [6.07, 6.45) is 0.878. The van der Waals surface area contributed by atoms with Gasteiger partial charge in [-0.2, -0.15) is 0 Å². The lowest BCUT2D eigenvalue weighted by molar-refractivity contribution is -0.129. The molecular weight excluding hydrogens is 428 g/mol. The molecule has 1 unspecified atom stereocenters. The molecule has 1 amide bonds. The van der Waals surface area contributed by atoms with Gasteiger partial charge in [0.05, 0.1) is 11.6 Å². The largest absolute Gasteiger partial charge is 0.503 e. The molecule has 1 atom stereocenters. The van der Waals surface area contributed by atoms with Gasteiger partial charge in [0.1, 0.15) is 5.58 Å². The Balaban J connectivity index is 1.78. The number of Topliss-reactive ketones (excluding diaryl/α,β-unsaturated/α-hetero) is 1. The second-order valence-corrected chi connectivity index (χ2v) is 8.62. The summed E-state index contributed by atoms with van der Waals surface area (Å²) < 4.78 is 5.74. The van der Waals surface area contributed by atoms with Gasteiger partial charge in [0, 0.05) is 23.5 Å². The number of likely N-dealkylation sites (N-methyl/N-ethyl adjacent to an activating group) is 1. The fourth-order valence-electron chi connectivity index (χ4n) is 3.97. The van der Waals surface area contributed by atoms with Gasteiger partial charge in [-0.15, -0.1) is 0 Å². The number of fused-ring (bicyclic) bond motifs is 1. The maximum absolute atomic E-state index is 13.5. The molecule has 0 aliphatic carbocycles. The number of hydrogen-bond acceptors (Lipinski definition) is 5. The van der Waals surface area contributed by atoms with Crippen LogP contribution < -0.4 is 0 Å². The Morgan fingerprint density at radius 1 is 1.16 bits per heavy atom. The van der Waals surface area contributed by atoms with E-state index in [1.54, 1.807) is 29.2 Å². The molecule has 2 aromatic carbocycles. The number of aliphatic hydroxyl groups is 1. The number of aryl methyl sites for hydroxylation is 1.